The van der Waals surface area contributed by atoms with E-state index in [9.17, 15) is 9.59 Å². The van der Waals surface area contributed by atoms with Crippen LogP contribution in [-0.4, -0.2) is 24.0 Å². The van der Waals surface area contributed by atoms with E-state index < -0.39 is 11.9 Å². The van der Waals surface area contributed by atoms with Crippen LogP contribution in [0.3, 0.4) is 0 Å². The van der Waals surface area contributed by atoms with Crippen LogP contribution in [0, 0.1) is 11.8 Å². The van der Waals surface area contributed by atoms with Crippen LogP contribution in [0.25, 0.3) is 0 Å². The molecule has 0 saturated carbocycles. The van der Waals surface area contributed by atoms with Crippen LogP contribution in [-0.2, 0) is 9.59 Å². The van der Waals surface area contributed by atoms with Crippen LogP contribution in [0.1, 0.15) is 33.1 Å². The maximum atomic E-state index is 10.9. The quantitative estimate of drug-likeness (QED) is 0.680. The van der Waals surface area contributed by atoms with Crippen molar-refractivity contribution in [3.8, 4) is 0 Å². The van der Waals surface area contributed by atoms with Gasteiger partial charge in [-0.05, 0) is 18.8 Å². The normalized spacial score (nSPS) is 12.6. The van der Waals surface area contributed by atoms with Crippen LogP contribution in [0.2, 0.25) is 0 Å². The molecule has 0 aromatic heterocycles. The molecule has 0 aromatic carbocycles. The molecular formula is C10H19NO3. The Balaban J connectivity index is 3.97. The van der Waals surface area contributed by atoms with Gasteiger partial charge in [-0.2, -0.15) is 0 Å². The van der Waals surface area contributed by atoms with Gasteiger partial charge in [-0.15, -0.1) is 0 Å². The highest BCUT2D eigenvalue weighted by Crippen LogP contribution is 2.17. The molecule has 1 atom stereocenters. The summed E-state index contributed by atoms with van der Waals surface area (Å²) in [5.41, 5.74) is 0. The number of rotatable bonds is 6. The Bertz CT molecular complexity index is 202. The number of carbonyl (C=O) groups is 2. The smallest absolute Gasteiger partial charge is 0.306 e. The first-order chi connectivity index (χ1) is 6.47. The Morgan fingerprint density at radius 3 is 2.29 bits per heavy atom. The van der Waals surface area contributed by atoms with E-state index in [1.54, 1.807) is 7.05 Å². The lowest BCUT2D eigenvalue weighted by atomic mass is 9.93. The largest absolute Gasteiger partial charge is 0.481 e. The fourth-order valence-corrected chi connectivity index (χ4v) is 1.34. The molecule has 4 nitrogen and oxygen atoms in total. The van der Waals surface area contributed by atoms with Crippen molar-refractivity contribution in [2.75, 3.05) is 7.05 Å². The summed E-state index contributed by atoms with van der Waals surface area (Å²) in [7, 11) is 1.56. The van der Waals surface area contributed by atoms with Gasteiger partial charge in [-0.1, -0.05) is 13.8 Å². The van der Waals surface area contributed by atoms with Gasteiger partial charge in [0.2, 0.25) is 5.91 Å². The van der Waals surface area contributed by atoms with Crippen LogP contribution in [0.15, 0.2) is 0 Å². The van der Waals surface area contributed by atoms with Crippen molar-refractivity contribution in [2.45, 2.75) is 33.1 Å². The van der Waals surface area contributed by atoms with Crippen molar-refractivity contribution >= 4 is 11.9 Å². The lowest BCUT2D eigenvalue weighted by Crippen LogP contribution is -2.22. The van der Waals surface area contributed by atoms with E-state index in [1.165, 1.54) is 0 Å². The monoisotopic (exact) mass is 201 g/mol. The summed E-state index contributed by atoms with van der Waals surface area (Å²) in [5, 5.41) is 11.4. The Morgan fingerprint density at radius 2 is 1.93 bits per heavy atom. The molecule has 0 bridgehead atoms. The van der Waals surface area contributed by atoms with Crippen molar-refractivity contribution in [3.63, 3.8) is 0 Å². The number of hydrogen-bond donors (Lipinski definition) is 2. The summed E-state index contributed by atoms with van der Waals surface area (Å²) in [6, 6.07) is 0. The van der Waals surface area contributed by atoms with Crippen molar-refractivity contribution < 1.29 is 14.7 Å². The number of carboxylic acids is 1. The highest BCUT2D eigenvalue weighted by molar-refractivity contribution is 5.76. The Labute approximate surface area is 84.7 Å². The molecule has 1 amide bonds. The summed E-state index contributed by atoms with van der Waals surface area (Å²) in [6.07, 6.45) is 1.35. The second-order valence-electron chi connectivity index (χ2n) is 3.88. The van der Waals surface area contributed by atoms with Gasteiger partial charge in [0.15, 0.2) is 0 Å². The van der Waals surface area contributed by atoms with Gasteiger partial charge in [-0.25, -0.2) is 0 Å². The molecule has 0 rings (SSSR count). The van der Waals surface area contributed by atoms with Crippen molar-refractivity contribution in [1.29, 1.82) is 0 Å². The molecule has 1 unspecified atom stereocenters. The van der Waals surface area contributed by atoms with E-state index in [-0.39, 0.29) is 5.91 Å². The SMILES string of the molecule is CNC(=O)CCC(CC(C)C)C(=O)O. The number of aliphatic carboxylic acids is 1. The first kappa shape index (κ1) is 12.9. The molecule has 14 heavy (non-hydrogen) atoms. The topological polar surface area (TPSA) is 66.4 Å². The van der Waals surface area contributed by atoms with Crippen molar-refractivity contribution in [1.82, 2.24) is 5.32 Å². The zero-order valence-electron chi connectivity index (χ0n) is 9.04. The van der Waals surface area contributed by atoms with E-state index in [0.717, 1.165) is 0 Å². The molecule has 0 spiro atoms. The van der Waals surface area contributed by atoms with E-state index >= 15 is 0 Å². The first-order valence-electron chi connectivity index (χ1n) is 4.90. The number of carboxylic acid groups (broad SMARTS) is 1. The molecule has 0 aliphatic carbocycles. The summed E-state index contributed by atoms with van der Waals surface area (Å²) in [6.45, 7) is 3.96. The summed E-state index contributed by atoms with van der Waals surface area (Å²) < 4.78 is 0. The van der Waals surface area contributed by atoms with Crippen LogP contribution in [0.5, 0.6) is 0 Å². The fourth-order valence-electron chi connectivity index (χ4n) is 1.34. The maximum Gasteiger partial charge on any atom is 0.306 e. The molecule has 0 fully saturated rings. The second-order valence-corrected chi connectivity index (χ2v) is 3.88. The Morgan fingerprint density at radius 1 is 1.36 bits per heavy atom. The fraction of sp³-hybridized carbons (Fsp3) is 0.800. The van der Waals surface area contributed by atoms with Crippen LogP contribution in [0.4, 0.5) is 0 Å². The van der Waals surface area contributed by atoms with E-state index in [2.05, 4.69) is 5.32 Å². The molecule has 0 radical (unpaired) electrons. The number of carbonyl (C=O) groups excluding carboxylic acids is 1. The lowest BCUT2D eigenvalue weighted by molar-refractivity contribution is -0.142. The first-order valence-corrected chi connectivity index (χ1v) is 4.90. The van der Waals surface area contributed by atoms with E-state index in [1.807, 2.05) is 13.8 Å². The summed E-state index contributed by atoms with van der Waals surface area (Å²) in [5.74, 6) is -0.948. The van der Waals surface area contributed by atoms with Gasteiger partial charge in [0.25, 0.3) is 0 Å². The minimum atomic E-state index is -0.803. The molecule has 0 saturated heterocycles. The van der Waals surface area contributed by atoms with Crippen molar-refractivity contribution in [2.24, 2.45) is 11.8 Å². The molecular weight excluding hydrogens is 182 g/mol. The molecule has 82 valence electrons. The minimum Gasteiger partial charge on any atom is -0.481 e. The zero-order chi connectivity index (χ0) is 11.1. The molecule has 4 heteroatoms. The zero-order valence-corrected chi connectivity index (χ0v) is 9.04. The molecule has 0 aromatic rings. The Kier molecular flexibility index (Phi) is 5.92. The van der Waals surface area contributed by atoms with E-state index in [0.29, 0.717) is 25.2 Å². The van der Waals surface area contributed by atoms with Gasteiger partial charge in [0.05, 0.1) is 5.92 Å². The predicted octanol–water partition coefficient (Wildman–Crippen LogP) is 1.26. The summed E-state index contributed by atoms with van der Waals surface area (Å²) in [4.78, 5) is 21.7. The number of nitrogens with one attached hydrogen (secondary N) is 1. The predicted molar refractivity (Wildman–Crippen MR) is 53.9 cm³/mol. The average molecular weight is 201 g/mol. The van der Waals surface area contributed by atoms with Gasteiger partial charge in [0, 0.05) is 13.5 Å². The van der Waals surface area contributed by atoms with Gasteiger partial charge >= 0.3 is 5.97 Å². The molecule has 0 aliphatic heterocycles. The van der Waals surface area contributed by atoms with Gasteiger partial charge < -0.3 is 10.4 Å². The van der Waals surface area contributed by atoms with Crippen LogP contribution < -0.4 is 5.32 Å². The number of hydrogen-bond acceptors (Lipinski definition) is 2. The lowest BCUT2D eigenvalue weighted by Gasteiger charge is -2.13. The second kappa shape index (κ2) is 6.40. The minimum absolute atomic E-state index is 0.0972. The van der Waals surface area contributed by atoms with Crippen LogP contribution >= 0.6 is 0 Å². The molecule has 0 aliphatic rings. The molecule has 0 heterocycles. The third-order valence-electron chi connectivity index (χ3n) is 2.10. The van der Waals surface area contributed by atoms with Gasteiger partial charge in [0.1, 0.15) is 0 Å². The third-order valence-corrected chi connectivity index (χ3v) is 2.10. The maximum absolute atomic E-state index is 10.9. The number of amides is 1. The molecule has 2 N–H and O–H groups in total. The Hall–Kier alpha value is -1.06. The third kappa shape index (κ3) is 5.56. The highest BCUT2D eigenvalue weighted by Gasteiger charge is 2.19. The average Bonchev–Trinajstić information content (AvgIpc) is 2.10. The van der Waals surface area contributed by atoms with Gasteiger partial charge in [-0.3, -0.25) is 9.59 Å². The van der Waals surface area contributed by atoms with E-state index in [4.69, 9.17) is 5.11 Å². The van der Waals surface area contributed by atoms with Crippen molar-refractivity contribution in [3.05, 3.63) is 0 Å². The standard InChI is InChI=1S/C10H19NO3/c1-7(2)6-8(10(13)14)4-5-9(12)11-3/h7-8H,4-6H2,1-3H3,(H,11,12)(H,13,14). The highest BCUT2D eigenvalue weighted by atomic mass is 16.4. The summed E-state index contributed by atoms with van der Waals surface area (Å²) >= 11 is 0.